The Kier molecular flexibility index (Phi) is 27.0. The van der Waals surface area contributed by atoms with Crippen molar-refractivity contribution in [2.24, 2.45) is 0 Å². The van der Waals surface area contributed by atoms with Gasteiger partial charge in [-0.25, -0.2) is 0 Å². The molecular weight excluding hydrogens is 570 g/mol. The van der Waals surface area contributed by atoms with Crippen molar-refractivity contribution < 1.29 is 38.2 Å². The number of allylic oxidation sites excluding steroid dienone is 8. The van der Waals surface area contributed by atoms with Gasteiger partial charge in [-0.2, -0.15) is 0 Å². The molecular formula is C37H63NO7. The third kappa shape index (κ3) is 27.3. The van der Waals surface area contributed by atoms with E-state index in [1.807, 2.05) is 0 Å². The average molecular weight is 634 g/mol. The van der Waals surface area contributed by atoms with Gasteiger partial charge in [0.1, 0.15) is 12.6 Å². The van der Waals surface area contributed by atoms with Gasteiger partial charge in [0.05, 0.1) is 40.3 Å². The van der Waals surface area contributed by atoms with Gasteiger partial charge in [-0.05, 0) is 64.2 Å². The first kappa shape index (κ1) is 42.3. The summed E-state index contributed by atoms with van der Waals surface area (Å²) in [6.07, 6.45) is 30.1. The highest BCUT2D eigenvalue weighted by atomic mass is 16.6. The summed E-state index contributed by atoms with van der Waals surface area (Å²) in [5, 5.41) is 11.5. The molecule has 0 aromatic rings. The van der Waals surface area contributed by atoms with Gasteiger partial charge in [0.25, 0.3) is 0 Å². The van der Waals surface area contributed by atoms with Crippen LogP contribution in [0.25, 0.3) is 0 Å². The molecule has 0 aliphatic heterocycles. The lowest BCUT2D eigenvalue weighted by molar-refractivity contribution is -0.889. The number of hydrogen-bond donors (Lipinski definition) is 0. The molecule has 0 rings (SSSR count). The van der Waals surface area contributed by atoms with Crippen LogP contribution in [0.15, 0.2) is 48.6 Å². The van der Waals surface area contributed by atoms with Gasteiger partial charge in [-0.1, -0.05) is 81.7 Å². The minimum absolute atomic E-state index is 0.0211. The zero-order chi connectivity index (χ0) is 33.6. The van der Waals surface area contributed by atoms with Crippen LogP contribution in [0.2, 0.25) is 0 Å². The molecule has 0 aliphatic rings. The normalized spacial score (nSPS) is 13.7. The standard InChI is InChI=1S/C37H63NO7/c1-6-8-10-12-14-16-17-18-20-21-23-25-27-35(39)44-32-33(31-43-30-29-34(37(41)42)38(3,4)5)45-36(40)28-26-24-22-19-15-13-11-9-7-2/h8-11,14-16,19,33-34H,6-7,12-13,17-18,20-32H2,1-5H3/b10-8+,11-9+,16-14+,19-15+. The number of ether oxygens (including phenoxy) is 3. The molecule has 0 N–H and O–H groups in total. The van der Waals surface area contributed by atoms with E-state index >= 15 is 0 Å². The van der Waals surface area contributed by atoms with Crippen LogP contribution >= 0.6 is 0 Å². The SMILES string of the molecule is CC/C=C/C/C=C/CCCCCCCC(=O)OCC(COCCC(C(=O)[O-])[N+](C)(C)C)OC(=O)CCCC/C=C/C/C=C/CC. The molecule has 2 atom stereocenters. The zero-order valence-corrected chi connectivity index (χ0v) is 29.0. The first-order chi connectivity index (χ1) is 21.6. The number of carboxylic acids is 1. The van der Waals surface area contributed by atoms with Crippen molar-refractivity contribution in [2.75, 3.05) is 41.0 Å². The number of carbonyl (C=O) groups excluding carboxylic acids is 3. The minimum atomic E-state index is -1.14. The predicted molar refractivity (Wildman–Crippen MR) is 180 cm³/mol. The van der Waals surface area contributed by atoms with E-state index in [1.54, 1.807) is 21.1 Å². The molecule has 0 aromatic heterocycles. The van der Waals surface area contributed by atoms with Crippen LogP contribution < -0.4 is 5.11 Å². The second kappa shape index (κ2) is 28.7. The van der Waals surface area contributed by atoms with Crippen LogP contribution in [0.3, 0.4) is 0 Å². The number of nitrogens with zero attached hydrogens (tertiary/aromatic N) is 1. The minimum Gasteiger partial charge on any atom is -0.544 e. The highest BCUT2D eigenvalue weighted by molar-refractivity contribution is 5.70. The van der Waals surface area contributed by atoms with Crippen molar-refractivity contribution in [1.29, 1.82) is 0 Å². The van der Waals surface area contributed by atoms with E-state index in [1.165, 1.54) is 0 Å². The number of esters is 2. The number of aliphatic carboxylic acids is 1. The lowest BCUT2D eigenvalue weighted by atomic mass is 10.1. The number of quaternary nitrogens is 1. The van der Waals surface area contributed by atoms with Crippen molar-refractivity contribution in [3.63, 3.8) is 0 Å². The first-order valence-corrected chi connectivity index (χ1v) is 17.2. The molecule has 8 heteroatoms. The molecule has 0 saturated heterocycles. The van der Waals surface area contributed by atoms with Gasteiger partial charge in [-0.3, -0.25) is 9.59 Å². The Bertz CT molecular complexity index is 886. The predicted octanol–water partition coefficient (Wildman–Crippen LogP) is 6.79. The highest BCUT2D eigenvalue weighted by Gasteiger charge is 2.25. The maximum Gasteiger partial charge on any atom is 0.306 e. The van der Waals surface area contributed by atoms with E-state index in [0.29, 0.717) is 12.8 Å². The van der Waals surface area contributed by atoms with Gasteiger partial charge < -0.3 is 28.6 Å². The fraction of sp³-hybridized carbons (Fsp3) is 0.703. The monoisotopic (exact) mass is 633 g/mol. The van der Waals surface area contributed by atoms with Crippen molar-refractivity contribution in [3.8, 4) is 0 Å². The Labute approximate surface area is 274 Å². The molecule has 0 amide bonds. The number of likely N-dealkylation sites (N-methyl/N-ethyl adjacent to an activating group) is 1. The average Bonchev–Trinajstić information content (AvgIpc) is 2.98. The van der Waals surface area contributed by atoms with Gasteiger partial charge >= 0.3 is 11.9 Å². The fourth-order valence-corrected chi connectivity index (χ4v) is 4.55. The van der Waals surface area contributed by atoms with Gasteiger partial charge in [0.2, 0.25) is 0 Å². The smallest absolute Gasteiger partial charge is 0.306 e. The van der Waals surface area contributed by atoms with E-state index < -0.39 is 18.1 Å². The van der Waals surface area contributed by atoms with E-state index in [2.05, 4.69) is 62.5 Å². The Morgan fingerprint density at radius 1 is 0.667 bits per heavy atom. The van der Waals surface area contributed by atoms with Crippen molar-refractivity contribution >= 4 is 17.9 Å². The fourth-order valence-electron chi connectivity index (χ4n) is 4.55. The quantitative estimate of drug-likeness (QED) is 0.0387. The van der Waals surface area contributed by atoms with E-state index in [4.69, 9.17) is 14.2 Å². The number of rotatable bonds is 29. The molecule has 258 valence electrons. The maximum atomic E-state index is 12.5. The third-order valence-electron chi connectivity index (χ3n) is 7.21. The Morgan fingerprint density at radius 3 is 1.76 bits per heavy atom. The summed E-state index contributed by atoms with van der Waals surface area (Å²) in [4.78, 5) is 36.4. The van der Waals surface area contributed by atoms with Crippen LogP contribution in [0.1, 0.15) is 117 Å². The van der Waals surface area contributed by atoms with Crippen LogP contribution in [0, 0.1) is 0 Å². The lowest BCUT2D eigenvalue weighted by Gasteiger charge is -2.34. The second-order valence-corrected chi connectivity index (χ2v) is 12.3. The van der Waals surface area contributed by atoms with E-state index in [-0.39, 0.29) is 49.1 Å². The van der Waals surface area contributed by atoms with Crippen LogP contribution in [0.5, 0.6) is 0 Å². The summed E-state index contributed by atoms with van der Waals surface area (Å²) in [5.41, 5.74) is 0. The van der Waals surface area contributed by atoms with Gasteiger partial charge in [-0.15, -0.1) is 0 Å². The largest absolute Gasteiger partial charge is 0.544 e. The Hall–Kier alpha value is -2.71. The molecule has 45 heavy (non-hydrogen) atoms. The molecule has 0 heterocycles. The summed E-state index contributed by atoms with van der Waals surface area (Å²) < 4.78 is 16.9. The molecule has 8 nitrogen and oxygen atoms in total. The number of hydrogen-bond acceptors (Lipinski definition) is 7. The summed E-state index contributed by atoms with van der Waals surface area (Å²) in [6.45, 7) is 4.33. The summed E-state index contributed by atoms with van der Waals surface area (Å²) >= 11 is 0. The van der Waals surface area contributed by atoms with Gasteiger partial charge in [0, 0.05) is 19.3 Å². The topological polar surface area (TPSA) is 102 Å². The van der Waals surface area contributed by atoms with Crippen molar-refractivity contribution in [2.45, 2.75) is 129 Å². The molecule has 0 radical (unpaired) electrons. The third-order valence-corrected chi connectivity index (χ3v) is 7.21. The summed E-state index contributed by atoms with van der Waals surface area (Å²) in [7, 11) is 5.36. The molecule has 0 aliphatic carbocycles. The van der Waals surface area contributed by atoms with E-state index in [0.717, 1.165) is 77.0 Å². The Balaban J connectivity index is 4.53. The summed E-state index contributed by atoms with van der Waals surface area (Å²) in [5.74, 6) is -1.81. The Morgan fingerprint density at radius 2 is 1.18 bits per heavy atom. The maximum absolute atomic E-state index is 12.5. The molecule has 0 spiro atoms. The van der Waals surface area contributed by atoms with Crippen LogP contribution in [0.4, 0.5) is 0 Å². The van der Waals surface area contributed by atoms with Gasteiger partial charge in [0.15, 0.2) is 6.10 Å². The second-order valence-electron chi connectivity index (χ2n) is 12.3. The first-order valence-electron chi connectivity index (χ1n) is 17.2. The van der Waals surface area contributed by atoms with Crippen molar-refractivity contribution in [3.05, 3.63) is 48.6 Å². The molecule has 0 aromatic carbocycles. The number of carbonyl (C=O) groups is 3. The van der Waals surface area contributed by atoms with E-state index in [9.17, 15) is 19.5 Å². The zero-order valence-electron chi connectivity index (χ0n) is 29.0. The van der Waals surface area contributed by atoms with Crippen LogP contribution in [-0.2, 0) is 28.6 Å². The highest BCUT2D eigenvalue weighted by Crippen LogP contribution is 2.11. The molecule has 2 unspecified atom stereocenters. The number of carboxylic acid groups (broad SMARTS) is 1. The molecule has 0 bridgehead atoms. The molecule has 0 fully saturated rings. The van der Waals surface area contributed by atoms with Crippen molar-refractivity contribution in [1.82, 2.24) is 0 Å². The summed E-state index contributed by atoms with van der Waals surface area (Å²) in [6, 6.07) is -0.731. The van der Waals surface area contributed by atoms with Crippen LogP contribution in [-0.4, -0.2) is 75.5 Å². The molecule has 0 saturated carbocycles. The lowest BCUT2D eigenvalue weighted by Crippen LogP contribution is -2.55. The number of unbranched alkanes of at least 4 members (excludes halogenated alkanes) is 7.